The fourth-order valence-corrected chi connectivity index (χ4v) is 2.39. The molecule has 5 heteroatoms. The van der Waals surface area contributed by atoms with E-state index in [1.165, 1.54) is 6.92 Å². The number of likely N-dealkylation sites (tertiary alicyclic amines) is 1. The van der Waals surface area contributed by atoms with Crippen molar-refractivity contribution in [1.82, 2.24) is 4.90 Å². The predicted octanol–water partition coefficient (Wildman–Crippen LogP) is 2.40. The molecule has 2 N–H and O–H groups in total. The Morgan fingerprint density at radius 2 is 1.94 bits per heavy atom. The fraction of sp³-hybridized carbons (Fsp3) is 0.538. The molecule has 1 aromatic carbocycles. The molecular formula is C13H17F3N2. The topological polar surface area (TPSA) is 29.3 Å². The first-order valence-electron chi connectivity index (χ1n) is 5.91. The Labute approximate surface area is 105 Å². The van der Waals surface area contributed by atoms with E-state index < -0.39 is 17.6 Å². The maximum atomic E-state index is 13.0. The summed E-state index contributed by atoms with van der Waals surface area (Å²) in [5, 5.41) is 0. The van der Waals surface area contributed by atoms with Gasteiger partial charge in [-0.3, -0.25) is 4.90 Å². The second-order valence-corrected chi connectivity index (χ2v) is 5.18. The normalized spacial score (nSPS) is 29.7. The van der Waals surface area contributed by atoms with E-state index in [2.05, 4.69) is 0 Å². The Balaban J connectivity index is 2.08. The van der Waals surface area contributed by atoms with E-state index in [1.807, 2.05) is 30.3 Å². The fourth-order valence-electron chi connectivity index (χ4n) is 2.39. The molecule has 2 atom stereocenters. The lowest BCUT2D eigenvalue weighted by Crippen LogP contribution is -2.48. The van der Waals surface area contributed by atoms with Crippen LogP contribution in [0, 0.1) is 5.41 Å². The predicted molar refractivity (Wildman–Crippen MR) is 63.9 cm³/mol. The summed E-state index contributed by atoms with van der Waals surface area (Å²) < 4.78 is 39.0. The van der Waals surface area contributed by atoms with E-state index in [4.69, 9.17) is 5.73 Å². The zero-order chi connectivity index (χ0) is 13.4. The standard InChI is InChI=1S/C13H17F3N2/c1-12(13(14,15)16)9-18(8-11(12)17)7-10-5-3-2-4-6-10/h2-6,11H,7-9,17H2,1H3/t11-,12-/m1/s1. The second-order valence-electron chi connectivity index (χ2n) is 5.18. The van der Waals surface area contributed by atoms with Gasteiger partial charge >= 0.3 is 6.18 Å². The van der Waals surface area contributed by atoms with Crippen molar-refractivity contribution >= 4 is 0 Å². The molecule has 2 nitrogen and oxygen atoms in total. The van der Waals surface area contributed by atoms with Crippen LogP contribution in [0.4, 0.5) is 13.2 Å². The first-order chi connectivity index (χ1) is 8.33. The molecule has 0 amide bonds. The molecule has 0 radical (unpaired) electrons. The smallest absolute Gasteiger partial charge is 0.326 e. The Morgan fingerprint density at radius 3 is 2.44 bits per heavy atom. The largest absolute Gasteiger partial charge is 0.396 e. The molecule has 18 heavy (non-hydrogen) atoms. The van der Waals surface area contributed by atoms with Gasteiger partial charge in [0.15, 0.2) is 0 Å². The first kappa shape index (κ1) is 13.4. The average molecular weight is 258 g/mol. The van der Waals surface area contributed by atoms with Crippen molar-refractivity contribution in [2.45, 2.75) is 25.7 Å². The number of alkyl halides is 3. The van der Waals surface area contributed by atoms with Gasteiger partial charge in [-0.2, -0.15) is 13.2 Å². The molecular weight excluding hydrogens is 241 g/mol. The minimum Gasteiger partial charge on any atom is -0.326 e. The van der Waals surface area contributed by atoms with Gasteiger partial charge in [0.2, 0.25) is 0 Å². The molecule has 1 fully saturated rings. The van der Waals surface area contributed by atoms with Crippen LogP contribution in [0.15, 0.2) is 30.3 Å². The monoisotopic (exact) mass is 258 g/mol. The Bertz CT molecular complexity index is 404. The molecule has 0 aliphatic carbocycles. The van der Waals surface area contributed by atoms with Crippen molar-refractivity contribution in [3.05, 3.63) is 35.9 Å². The molecule has 1 heterocycles. The lowest BCUT2D eigenvalue weighted by Gasteiger charge is -2.30. The molecule has 1 saturated heterocycles. The third kappa shape index (κ3) is 2.37. The van der Waals surface area contributed by atoms with E-state index >= 15 is 0 Å². The van der Waals surface area contributed by atoms with Crippen molar-refractivity contribution < 1.29 is 13.2 Å². The lowest BCUT2D eigenvalue weighted by atomic mass is 9.85. The van der Waals surface area contributed by atoms with E-state index in [1.54, 1.807) is 4.90 Å². The minimum atomic E-state index is -4.25. The molecule has 0 unspecified atom stereocenters. The highest BCUT2D eigenvalue weighted by molar-refractivity contribution is 5.15. The van der Waals surface area contributed by atoms with Gasteiger partial charge in [-0.25, -0.2) is 0 Å². The molecule has 100 valence electrons. The number of nitrogens with two attached hydrogens (primary N) is 1. The van der Waals surface area contributed by atoms with Crippen molar-refractivity contribution in [2.24, 2.45) is 11.1 Å². The summed E-state index contributed by atoms with van der Waals surface area (Å²) in [4.78, 5) is 1.77. The number of benzene rings is 1. The summed E-state index contributed by atoms with van der Waals surface area (Å²) in [7, 11) is 0. The van der Waals surface area contributed by atoms with Crippen LogP contribution in [0.3, 0.4) is 0 Å². The van der Waals surface area contributed by atoms with Crippen LogP contribution in [0.2, 0.25) is 0 Å². The molecule has 1 aliphatic rings. The number of hydrogen-bond acceptors (Lipinski definition) is 2. The molecule has 1 aliphatic heterocycles. The molecule has 1 aromatic rings. The van der Waals surface area contributed by atoms with Crippen LogP contribution in [0.5, 0.6) is 0 Å². The van der Waals surface area contributed by atoms with Gasteiger partial charge in [0.1, 0.15) is 0 Å². The Kier molecular flexibility index (Phi) is 3.38. The number of rotatable bonds is 2. The van der Waals surface area contributed by atoms with Crippen LogP contribution in [-0.4, -0.2) is 30.2 Å². The molecule has 0 saturated carbocycles. The highest BCUT2D eigenvalue weighted by Gasteiger charge is 2.58. The molecule has 0 aromatic heterocycles. The third-order valence-corrected chi connectivity index (χ3v) is 3.72. The SMILES string of the molecule is C[C@@]1(C(F)(F)F)CN(Cc2ccccc2)C[C@H]1N. The zero-order valence-corrected chi connectivity index (χ0v) is 10.2. The quantitative estimate of drug-likeness (QED) is 0.882. The number of halogens is 3. The summed E-state index contributed by atoms with van der Waals surface area (Å²) >= 11 is 0. The van der Waals surface area contributed by atoms with Crippen LogP contribution in [0.1, 0.15) is 12.5 Å². The number of nitrogens with zero attached hydrogens (tertiary/aromatic N) is 1. The highest BCUT2D eigenvalue weighted by atomic mass is 19.4. The summed E-state index contributed by atoms with van der Waals surface area (Å²) in [5.74, 6) is 0. The second kappa shape index (κ2) is 4.55. The lowest BCUT2D eigenvalue weighted by molar-refractivity contribution is -0.216. The maximum Gasteiger partial charge on any atom is 0.396 e. The first-order valence-corrected chi connectivity index (χ1v) is 5.91. The molecule has 2 rings (SSSR count). The van der Waals surface area contributed by atoms with Gasteiger partial charge in [0.25, 0.3) is 0 Å². The van der Waals surface area contributed by atoms with Gasteiger partial charge in [-0.15, -0.1) is 0 Å². The number of hydrogen-bond donors (Lipinski definition) is 1. The Morgan fingerprint density at radius 1 is 1.33 bits per heavy atom. The molecule has 0 spiro atoms. The van der Waals surface area contributed by atoms with Crippen LogP contribution < -0.4 is 5.73 Å². The summed E-state index contributed by atoms with van der Waals surface area (Å²) in [5.41, 5.74) is 4.89. The van der Waals surface area contributed by atoms with Gasteiger partial charge in [0, 0.05) is 25.7 Å². The Hall–Kier alpha value is -1.07. The van der Waals surface area contributed by atoms with Crippen LogP contribution in [0.25, 0.3) is 0 Å². The van der Waals surface area contributed by atoms with Crippen molar-refractivity contribution in [1.29, 1.82) is 0 Å². The summed E-state index contributed by atoms with van der Waals surface area (Å²) in [6.07, 6.45) is -4.25. The minimum absolute atomic E-state index is 0.0352. The van der Waals surface area contributed by atoms with Crippen LogP contribution in [-0.2, 0) is 6.54 Å². The zero-order valence-electron chi connectivity index (χ0n) is 10.2. The van der Waals surface area contributed by atoms with Gasteiger partial charge in [0.05, 0.1) is 5.41 Å². The van der Waals surface area contributed by atoms with Crippen molar-refractivity contribution in [3.63, 3.8) is 0 Å². The van der Waals surface area contributed by atoms with E-state index in [0.29, 0.717) is 6.54 Å². The van der Waals surface area contributed by atoms with E-state index in [-0.39, 0.29) is 13.1 Å². The van der Waals surface area contributed by atoms with Crippen molar-refractivity contribution in [3.8, 4) is 0 Å². The van der Waals surface area contributed by atoms with Gasteiger partial charge in [-0.1, -0.05) is 30.3 Å². The van der Waals surface area contributed by atoms with Crippen molar-refractivity contribution in [2.75, 3.05) is 13.1 Å². The van der Waals surface area contributed by atoms with Crippen LogP contribution >= 0.6 is 0 Å². The maximum absolute atomic E-state index is 13.0. The average Bonchev–Trinajstić information content (AvgIpc) is 2.56. The summed E-state index contributed by atoms with van der Waals surface area (Å²) in [6.45, 7) is 1.97. The van der Waals surface area contributed by atoms with E-state index in [0.717, 1.165) is 5.56 Å². The third-order valence-electron chi connectivity index (χ3n) is 3.72. The van der Waals surface area contributed by atoms with E-state index in [9.17, 15) is 13.2 Å². The highest BCUT2D eigenvalue weighted by Crippen LogP contribution is 2.44. The van der Waals surface area contributed by atoms with Gasteiger partial charge < -0.3 is 5.73 Å². The molecule has 0 bridgehead atoms. The van der Waals surface area contributed by atoms with Gasteiger partial charge in [-0.05, 0) is 12.5 Å². The summed E-state index contributed by atoms with van der Waals surface area (Å²) in [6, 6.07) is 8.62.